The van der Waals surface area contributed by atoms with Crippen molar-refractivity contribution in [2.24, 2.45) is 0 Å². The Bertz CT molecular complexity index is 861. The van der Waals surface area contributed by atoms with Crippen molar-refractivity contribution in [2.75, 3.05) is 25.2 Å². The fraction of sp³-hybridized carbons (Fsp3) is 0.238. The van der Waals surface area contributed by atoms with E-state index < -0.39 is 0 Å². The zero-order valence-electron chi connectivity index (χ0n) is 15.3. The monoisotopic (exact) mass is 383 g/mol. The molecule has 27 heavy (non-hydrogen) atoms. The van der Waals surface area contributed by atoms with Crippen LogP contribution < -0.4 is 9.64 Å². The fourth-order valence-corrected chi connectivity index (χ4v) is 3.83. The second kappa shape index (κ2) is 8.77. The maximum atomic E-state index is 13.0. The van der Waals surface area contributed by atoms with Crippen LogP contribution in [0, 0.1) is 0 Å². The van der Waals surface area contributed by atoms with Crippen LogP contribution in [0.2, 0.25) is 0 Å². The molecule has 1 aliphatic heterocycles. The highest BCUT2D eigenvalue weighted by Gasteiger charge is 2.29. The van der Waals surface area contributed by atoms with E-state index in [1.165, 1.54) is 11.8 Å². The Morgan fingerprint density at radius 3 is 2.59 bits per heavy atom. The lowest BCUT2D eigenvalue weighted by Gasteiger charge is -2.30. The highest BCUT2D eigenvalue weighted by molar-refractivity contribution is 8.04. The summed E-state index contributed by atoms with van der Waals surface area (Å²) in [4.78, 5) is 28.0. The molecule has 1 amide bonds. The van der Waals surface area contributed by atoms with Crippen LogP contribution in [0.3, 0.4) is 0 Å². The first-order valence-corrected chi connectivity index (χ1v) is 9.54. The third-order valence-corrected chi connectivity index (χ3v) is 5.17. The molecule has 0 atom stereocenters. The van der Waals surface area contributed by atoms with Gasteiger partial charge in [-0.2, -0.15) is 0 Å². The first-order chi connectivity index (χ1) is 13.1. The lowest BCUT2D eigenvalue weighted by atomic mass is 10.2. The molecule has 0 spiro atoms. The first-order valence-electron chi connectivity index (χ1n) is 8.72. The van der Waals surface area contributed by atoms with Crippen molar-refractivity contribution < 1.29 is 19.1 Å². The zero-order valence-corrected chi connectivity index (χ0v) is 16.1. The van der Waals surface area contributed by atoms with E-state index in [0.717, 1.165) is 21.9 Å². The number of rotatable bonds is 6. The van der Waals surface area contributed by atoms with Gasteiger partial charge in [0.05, 0.1) is 30.7 Å². The summed E-state index contributed by atoms with van der Waals surface area (Å²) in [7, 11) is 1.62. The smallest absolute Gasteiger partial charge is 0.307 e. The number of thioether (sulfide) groups is 1. The van der Waals surface area contributed by atoms with E-state index in [1.54, 1.807) is 18.9 Å². The largest absolute Gasteiger partial charge is 0.497 e. The number of fused-ring (bicyclic) bond motifs is 1. The van der Waals surface area contributed by atoms with Crippen LogP contribution in [0.15, 0.2) is 58.3 Å². The lowest BCUT2D eigenvalue weighted by Crippen LogP contribution is -2.36. The molecule has 0 fully saturated rings. The second-order valence-corrected chi connectivity index (χ2v) is 6.95. The van der Waals surface area contributed by atoms with Crippen molar-refractivity contribution in [3.05, 3.63) is 59.0 Å². The summed E-state index contributed by atoms with van der Waals surface area (Å²) in [6.07, 6.45) is 2.02. The van der Waals surface area contributed by atoms with E-state index in [1.807, 2.05) is 54.6 Å². The maximum Gasteiger partial charge on any atom is 0.307 e. The van der Waals surface area contributed by atoms with Crippen LogP contribution >= 0.6 is 11.8 Å². The van der Waals surface area contributed by atoms with Gasteiger partial charge in [0.2, 0.25) is 0 Å². The molecule has 3 rings (SSSR count). The van der Waals surface area contributed by atoms with Gasteiger partial charge in [-0.1, -0.05) is 36.0 Å². The van der Waals surface area contributed by atoms with E-state index >= 15 is 0 Å². The van der Waals surface area contributed by atoms with Crippen LogP contribution in [-0.2, 0) is 14.3 Å². The second-order valence-electron chi connectivity index (χ2n) is 5.86. The average molecular weight is 383 g/mol. The number of carbonyl (C=O) groups is 2. The van der Waals surface area contributed by atoms with E-state index in [9.17, 15) is 9.59 Å². The number of ether oxygens (including phenoxy) is 2. The molecule has 0 saturated heterocycles. The molecule has 0 radical (unpaired) electrons. The summed E-state index contributed by atoms with van der Waals surface area (Å²) >= 11 is 1.44. The number of esters is 1. The third-order valence-electron chi connectivity index (χ3n) is 4.09. The highest BCUT2D eigenvalue weighted by atomic mass is 32.2. The van der Waals surface area contributed by atoms with Crippen molar-refractivity contribution in [3.8, 4) is 5.75 Å². The first kappa shape index (κ1) is 19.0. The quantitative estimate of drug-likeness (QED) is 0.555. The average Bonchev–Trinajstić information content (AvgIpc) is 2.69. The van der Waals surface area contributed by atoms with Crippen molar-refractivity contribution in [2.45, 2.75) is 18.2 Å². The van der Waals surface area contributed by atoms with E-state index in [2.05, 4.69) is 0 Å². The summed E-state index contributed by atoms with van der Waals surface area (Å²) in [6, 6.07) is 15.2. The third kappa shape index (κ3) is 4.52. The van der Waals surface area contributed by atoms with Crippen LogP contribution in [0.1, 0.15) is 18.9 Å². The number of methoxy groups -OCH3 is 1. The molecule has 0 bridgehead atoms. The molecule has 140 valence electrons. The molecule has 1 heterocycles. The molecule has 2 aromatic carbocycles. The Morgan fingerprint density at radius 2 is 1.89 bits per heavy atom. The highest BCUT2D eigenvalue weighted by Crippen LogP contribution is 2.42. The van der Waals surface area contributed by atoms with Gasteiger partial charge >= 0.3 is 5.97 Å². The Balaban J connectivity index is 1.87. The number of anilines is 1. The number of benzene rings is 2. The van der Waals surface area contributed by atoms with Gasteiger partial charge in [0, 0.05) is 11.4 Å². The van der Waals surface area contributed by atoms with Crippen molar-refractivity contribution in [1.82, 2.24) is 0 Å². The van der Waals surface area contributed by atoms with Gasteiger partial charge < -0.3 is 14.4 Å². The standard InChI is InChI=1S/C21H21NO4S/c1-3-26-20(23)12-13-22-17-6-4-5-7-18(17)27-19(21(22)24)14-15-8-10-16(25-2)11-9-15/h4-11,14H,3,12-13H2,1-2H3/b19-14-. The number of amides is 1. The van der Waals surface area contributed by atoms with Gasteiger partial charge in [0.1, 0.15) is 5.75 Å². The Kier molecular flexibility index (Phi) is 6.19. The molecule has 0 aromatic heterocycles. The van der Waals surface area contributed by atoms with Crippen molar-refractivity contribution in [1.29, 1.82) is 0 Å². The number of carbonyl (C=O) groups excluding carboxylic acids is 2. The van der Waals surface area contributed by atoms with Gasteiger partial charge in [0.25, 0.3) is 5.91 Å². The molecule has 6 heteroatoms. The van der Waals surface area contributed by atoms with Gasteiger partial charge in [-0.3, -0.25) is 9.59 Å². The number of hydrogen-bond donors (Lipinski definition) is 0. The van der Waals surface area contributed by atoms with Crippen LogP contribution in [-0.4, -0.2) is 32.1 Å². The Morgan fingerprint density at radius 1 is 1.15 bits per heavy atom. The fourth-order valence-electron chi connectivity index (χ4n) is 2.77. The summed E-state index contributed by atoms with van der Waals surface area (Å²) in [5.74, 6) is 0.349. The summed E-state index contributed by atoms with van der Waals surface area (Å²) < 4.78 is 10.2. The Hall–Kier alpha value is -2.73. The zero-order chi connectivity index (χ0) is 19.2. The van der Waals surface area contributed by atoms with Gasteiger partial charge in [0.15, 0.2) is 0 Å². The number of hydrogen-bond acceptors (Lipinski definition) is 5. The predicted molar refractivity (Wildman–Crippen MR) is 107 cm³/mol. The topological polar surface area (TPSA) is 55.8 Å². The molecular weight excluding hydrogens is 362 g/mol. The molecule has 0 aliphatic carbocycles. The predicted octanol–water partition coefficient (Wildman–Crippen LogP) is 4.13. The number of para-hydroxylation sites is 1. The SMILES string of the molecule is CCOC(=O)CCN1C(=O)/C(=C/c2ccc(OC)cc2)Sc2ccccc21. The molecule has 1 aliphatic rings. The summed E-state index contributed by atoms with van der Waals surface area (Å²) in [6.45, 7) is 2.39. The minimum Gasteiger partial charge on any atom is -0.497 e. The van der Waals surface area contributed by atoms with Crippen molar-refractivity contribution >= 4 is 35.4 Å². The van der Waals surface area contributed by atoms with Gasteiger partial charge in [-0.05, 0) is 42.8 Å². The van der Waals surface area contributed by atoms with Gasteiger partial charge in [-0.15, -0.1) is 0 Å². The molecule has 2 aromatic rings. The minimum atomic E-state index is -0.304. The molecule has 5 nitrogen and oxygen atoms in total. The molecular formula is C21H21NO4S. The molecule has 0 saturated carbocycles. The minimum absolute atomic E-state index is 0.112. The van der Waals surface area contributed by atoms with Crippen LogP contribution in [0.5, 0.6) is 5.75 Å². The van der Waals surface area contributed by atoms with Crippen LogP contribution in [0.4, 0.5) is 5.69 Å². The summed E-state index contributed by atoms with van der Waals surface area (Å²) in [5.41, 5.74) is 1.74. The van der Waals surface area contributed by atoms with Crippen LogP contribution in [0.25, 0.3) is 6.08 Å². The van der Waals surface area contributed by atoms with E-state index in [-0.39, 0.29) is 24.8 Å². The molecule has 0 N–H and O–H groups in total. The number of nitrogens with zero attached hydrogens (tertiary/aromatic N) is 1. The van der Waals surface area contributed by atoms with Gasteiger partial charge in [-0.25, -0.2) is 0 Å². The Labute approximate surface area is 163 Å². The lowest BCUT2D eigenvalue weighted by molar-refractivity contribution is -0.142. The van der Waals surface area contributed by atoms with E-state index in [4.69, 9.17) is 9.47 Å². The normalized spacial score (nSPS) is 14.8. The maximum absolute atomic E-state index is 13.0. The molecule has 0 unspecified atom stereocenters. The summed E-state index contributed by atoms with van der Waals surface area (Å²) in [5, 5.41) is 0. The van der Waals surface area contributed by atoms with E-state index in [0.29, 0.717) is 11.5 Å². The van der Waals surface area contributed by atoms with Crippen molar-refractivity contribution in [3.63, 3.8) is 0 Å².